The highest BCUT2D eigenvalue weighted by Gasteiger charge is 2.59. The summed E-state index contributed by atoms with van der Waals surface area (Å²) in [4.78, 5) is 41.0. The molecule has 32 heavy (non-hydrogen) atoms. The zero-order valence-electron chi connectivity index (χ0n) is 18.1. The second-order valence-corrected chi connectivity index (χ2v) is 8.83. The molecule has 0 aliphatic carbocycles. The van der Waals surface area contributed by atoms with Crippen LogP contribution >= 0.6 is 0 Å². The third-order valence-corrected chi connectivity index (χ3v) is 7.02. The Balaban J connectivity index is 1.66. The number of nitrogens with one attached hydrogen (secondary N) is 1. The van der Waals surface area contributed by atoms with Crippen molar-refractivity contribution in [1.82, 2.24) is 15.2 Å². The standard InChI is InChI=1S/C21H28F3N5O3/c1-3-18(30)27-11-8-15-17(12-27)28(31)20(13-4-6-14(7-5-13)21(22,23)24)25-19(15)16-9-10-26(2)29(16)32/h4-7,15-17,19-20,25H,3,8-12H2,1-2H3/q+2. The summed E-state index contributed by atoms with van der Waals surface area (Å²) in [6.07, 6.45) is -3.83. The van der Waals surface area contributed by atoms with Crippen LogP contribution in [0.1, 0.15) is 43.5 Å². The maximum absolute atomic E-state index is 13.4. The van der Waals surface area contributed by atoms with Crippen molar-refractivity contribution >= 4 is 5.91 Å². The van der Waals surface area contributed by atoms with Crippen molar-refractivity contribution in [2.75, 3.05) is 26.7 Å². The van der Waals surface area contributed by atoms with E-state index in [1.165, 1.54) is 12.1 Å². The third-order valence-electron chi connectivity index (χ3n) is 7.02. The number of nitroso groups, excluding NO2 is 2. The SMILES string of the molecule is CCC(=O)N1CCC2C(C3CCN(C)[N+]3=O)NC(c3ccc(C(F)(F)F)cc3)[N+](=O)C2C1. The van der Waals surface area contributed by atoms with E-state index >= 15 is 0 Å². The van der Waals surface area contributed by atoms with Gasteiger partial charge in [0.15, 0.2) is 0 Å². The van der Waals surface area contributed by atoms with Crippen LogP contribution in [0.5, 0.6) is 0 Å². The summed E-state index contributed by atoms with van der Waals surface area (Å²) in [5.74, 6) is -0.184. The second-order valence-electron chi connectivity index (χ2n) is 8.83. The van der Waals surface area contributed by atoms with Crippen LogP contribution in [-0.2, 0) is 11.0 Å². The molecule has 0 bridgehead atoms. The molecular formula is C21H28F3N5O3+2. The minimum Gasteiger partial charge on any atom is -0.336 e. The maximum atomic E-state index is 13.4. The fourth-order valence-electron chi connectivity index (χ4n) is 5.25. The average Bonchev–Trinajstić information content (AvgIpc) is 3.11. The molecule has 0 radical (unpaired) electrons. The molecule has 0 aromatic heterocycles. The second kappa shape index (κ2) is 8.42. The molecule has 3 aliphatic rings. The van der Waals surface area contributed by atoms with E-state index in [4.69, 9.17) is 0 Å². The molecule has 4 rings (SSSR count). The number of alkyl halides is 3. The molecule has 3 heterocycles. The number of nitrogens with zero attached hydrogens (tertiary/aromatic N) is 4. The Bertz CT molecular complexity index is 907. The van der Waals surface area contributed by atoms with Gasteiger partial charge in [0.25, 0.3) is 12.2 Å². The van der Waals surface area contributed by atoms with E-state index in [9.17, 15) is 27.8 Å². The Kier molecular flexibility index (Phi) is 5.95. The number of rotatable bonds is 3. The van der Waals surface area contributed by atoms with Gasteiger partial charge in [-0.15, -0.1) is 5.01 Å². The van der Waals surface area contributed by atoms with Crippen LogP contribution in [0.4, 0.5) is 13.2 Å². The quantitative estimate of drug-likeness (QED) is 0.709. The van der Waals surface area contributed by atoms with E-state index in [0.29, 0.717) is 37.9 Å². The molecule has 1 N–H and O–H groups in total. The molecule has 5 atom stereocenters. The van der Waals surface area contributed by atoms with Crippen LogP contribution in [0, 0.1) is 15.7 Å². The van der Waals surface area contributed by atoms with Gasteiger partial charge in [0, 0.05) is 34.6 Å². The van der Waals surface area contributed by atoms with Gasteiger partial charge in [0.2, 0.25) is 11.9 Å². The van der Waals surface area contributed by atoms with E-state index in [2.05, 4.69) is 5.32 Å². The van der Waals surface area contributed by atoms with Gasteiger partial charge in [0.1, 0.15) is 4.87 Å². The predicted octanol–water partition coefficient (Wildman–Crippen LogP) is 2.48. The summed E-state index contributed by atoms with van der Waals surface area (Å²) in [7, 11) is 1.71. The van der Waals surface area contributed by atoms with Crippen molar-refractivity contribution in [2.45, 2.75) is 56.7 Å². The van der Waals surface area contributed by atoms with Crippen molar-refractivity contribution in [1.29, 1.82) is 0 Å². The lowest BCUT2D eigenvalue weighted by molar-refractivity contribution is -0.717. The molecule has 1 aromatic carbocycles. The average molecular weight is 455 g/mol. The molecular weight excluding hydrogens is 427 g/mol. The number of likely N-dealkylation sites (tertiary alicyclic amines) is 1. The summed E-state index contributed by atoms with van der Waals surface area (Å²) in [5.41, 5.74) is -0.385. The highest BCUT2D eigenvalue weighted by Crippen LogP contribution is 2.37. The molecule has 11 heteroatoms. The van der Waals surface area contributed by atoms with Gasteiger partial charge in [-0.1, -0.05) is 19.1 Å². The van der Waals surface area contributed by atoms with E-state index in [1.807, 2.05) is 0 Å². The molecule has 174 valence electrons. The summed E-state index contributed by atoms with van der Waals surface area (Å²) in [6, 6.07) is 3.28. The first kappa shape index (κ1) is 22.6. The molecule has 3 saturated heterocycles. The third kappa shape index (κ3) is 3.98. The topological polar surface area (TPSA) is 75.7 Å². The monoisotopic (exact) mass is 455 g/mol. The minimum atomic E-state index is -4.47. The Labute approximate surface area is 183 Å². The number of halogens is 3. The number of hydrazine groups is 1. The van der Waals surface area contributed by atoms with Gasteiger partial charge in [-0.3, -0.25) is 4.79 Å². The summed E-state index contributed by atoms with van der Waals surface area (Å²) < 4.78 is 39.8. The molecule has 1 aromatic rings. The molecule has 5 unspecified atom stereocenters. The largest absolute Gasteiger partial charge is 0.416 e. The van der Waals surface area contributed by atoms with Crippen LogP contribution in [0.15, 0.2) is 24.3 Å². The minimum absolute atomic E-state index is 0.0379. The fourth-order valence-corrected chi connectivity index (χ4v) is 5.25. The number of benzene rings is 1. The fraction of sp³-hybridized carbons (Fsp3) is 0.667. The number of hydrogen-bond donors (Lipinski definition) is 1. The normalized spacial score (nSPS) is 31.1. The van der Waals surface area contributed by atoms with Gasteiger partial charge in [-0.2, -0.15) is 13.2 Å². The van der Waals surface area contributed by atoms with Crippen LogP contribution in [-0.4, -0.2) is 70.3 Å². The summed E-state index contributed by atoms with van der Waals surface area (Å²) in [6.45, 7) is 3.13. The number of amides is 1. The molecule has 8 nitrogen and oxygen atoms in total. The lowest BCUT2D eigenvalue weighted by Crippen LogP contribution is -2.66. The first-order valence-electron chi connectivity index (χ1n) is 11.0. The number of hydrogen-bond acceptors (Lipinski definition) is 4. The van der Waals surface area contributed by atoms with Gasteiger partial charge in [-0.25, -0.2) is 5.32 Å². The number of carbonyl (C=O) groups excluding carboxylic acids is 1. The number of carbonyl (C=O) groups is 1. The molecule has 3 aliphatic heterocycles. The van der Waals surface area contributed by atoms with Crippen LogP contribution < -0.4 is 5.32 Å². The lowest BCUT2D eigenvalue weighted by atomic mass is 9.78. The van der Waals surface area contributed by atoms with Gasteiger partial charge >= 0.3 is 6.18 Å². The Hall–Kier alpha value is -2.56. The lowest BCUT2D eigenvalue weighted by Gasteiger charge is -2.42. The Morgan fingerprint density at radius 1 is 1.12 bits per heavy atom. The smallest absolute Gasteiger partial charge is 0.336 e. The zero-order valence-corrected chi connectivity index (χ0v) is 18.1. The van der Waals surface area contributed by atoms with E-state index in [0.717, 1.165) is 21.8 Å². The van der Waals surface area contributed by atoms with Gasteiger partial charge < -0.3 is 4.90 Å². The zero-order chi connectivity index (χ0) is 23.2. The van der Waals surface area contributed by atoms with Crippen molar-refractivity contribution in [2.24, 2.45) is 5.92 Å². The predicted molar refractivity (Wildman–Crippen MR) is 108 cm³/mol. The molecule has 0 saturated carbocycles. The van der Waals surface area contributed by atoms with E-state index in [1.54, 1.807) is 23.9 Å². The highest BCUT2D eigenvalue weighted by atomic mass is 19.4. The molecule has 0 spiro atoms. The number of piperidine rings is 1. The van der Waals surface area contributed by atoms with Crippen molar-refractivity contribution < 1.29 is 27.6 Å². The van der Waals surface area contributed by atoms with E-state index < -0.39 is 23.9 Å². The first-order chi connectivity index (χ1) is 15.1. The summed E-state index contributed by atoms with van der Waals surface area (Å²) >= 11 is 0. The van der Waals surface area contributed by atoms with Crippen LogP contribution in [0.3, 0.4) is 0 Å². The van der Waals surface area contributed by atoms with E-state index in [-0.39, 0.29) is 30.5 Å². The van der Waals surface area contributed by atoms with Crippen molar-refractivity contribution in [3.05, 3.63) is 45.2 Å². The molecule has 3 fully saturated rings. The number of fused-ring (bicyclic) bond motifs is 1. The van der Waals surface area contributed by atoms with Crippen LogP contribution in [0.2, 0.25) is 0 Å². The Morgan fingerprint density at radius 2 is 1.81 bits per heavy atom. The Morgan fingerprint density at radius 3 is 2.38 bits per heavy atom. The molecule has 1 amide bonds. The van der Waals surface area contributed by atoms with Gasteiger partial charge in [-0.05, 0) is 18.6 Å². The highest BCUT2D eigenvalue weighted by molar-refractivity contribution is 5.75. The van der Waals surface area contributed by atoms with Crippen molar-refractivity contribution in [3.8, 4) is 0 Å². The first-order valence-corrected chi connectivity index (χ1v) is 11.0. The summed E-state index contributed by atoms with van der Waals surface area (Å²) in [5, 5.41) is 4.88. The van der Waals surface area contributed by atoms with Crippen molar-refractivity contribution in [3.63, 3.8) is 0 Å². The maximum Gasteiger partial charge on any atom is 0.416 e. The van der Waals surface area contributed by atoms with Gasteiger partial charge in [0.05, 0.1) is 42.6 Å². The van der Waals surface area contributed by atoms with Crippen LogP contribution in [0.25, 0.3) is 0 Å².